The highest BCUT2D eigenvalue weighted by Gasteiger charge is 2.18. The van der Waals surface area contributed by atoms with Crippen LogP contribution in [0.1, 0.15) is 26.3 Å². The minimum absolute atomic E-state index is 0.119. The second kappa shape index (κ2) is 8.92. The van der Waals surface area contributed by atoms with Crippen LogP contribution < -0.4 is 4.74 Å². The van der Waals surface area contributed by atoms with E-state index in [1.807, 2.05) is 0 Å². The molecule has 0 bridgehead atoms. The number of methoxy groups -OCH3 is 1. The highest BCUT2D eigenvalue weighted by molar-refractivity contribution is 5.93. The average molecular weight is 323 g/mol. The van der Waals surface area contributed by atoms with Gasteiger partial charge in [0, 0.05) is 12.1 Å². The quantitative estimate of drug-likeness (QED) is 0.572. The molecule has 0 radical (unpaired) electrons. The van der Waals surface area contributed by atoms with Crippen molar-refractivity contribution in [3.63, 3.8) is 0 Å². The van der Waals surface area contributed by atoms with Crippen molar-refractivity contribution in [1.82, 2.24) is 4.90 Å². The predicted molar refractivity (Wildman–Crippen MR) is 85.5 cm³/mol. The minimum Gasteiger partial charge on any atom is -0.494 e. The zero-order valence-corrected chi connectivity index (χ0v) is 13.8. The van der Waals surface area contributed by atoms with Gasteiger partial charge in [-0.15, -0.1) is 0 Å². The Morgan fingerprint density at radius 2 is 2.04 bits per heavy atom. The van der Waals surface area contributed by atoms with Crippen molar-refractivity contribution >= 4 is 18.0 Å². The zero-order valence-electron chi connectivity index (χ0n) is 13.8. The Hall–Kier alpha value is -2.37. The number of rotatable bonds is 7. The molecule has 0 aliphatic rings. The molecule has 0 fully saturated rings. The molecule has 0 aliphatic heterocycles. The number of carbonyl (C=O) groups excluding carboxylic acids is 2. The summed E-state index contributed by atoms with van der Waals surface area (Å²) in [4.78, 5) is 25.2. The first-order valence-corrected chi connectivity index (χ1v) is 7.36. The van der Waals surface area contributed by atoms with E-state index in [2.05, 4.69) is 0 Å². The van der Waals surface area contributed by atoms with E-state index in [0.29, 0.717) is 5.56 Å². The molecule has 0 saturated heterocycles. The van der Waals surface area contributed by atoms with Gasteiger partial charge >= 0.3 is 5.97 Å². The second-order valence-corrected chi connectivity index (χ2v) is 5.09. The van der Waals surface area contributed by atoms with Crippen molar-refractivity contribution in [3.8, 4) is 5.75 Å². The molecule has 0 aliphatic carbocycles. The number of nitrogens with zero attached hydrogens (tertiary/aromatic N) is 1. The van der Waals surface area contributed by atoms with Gasteiger partial charge < -0.3 is 14.4 Å². The normalized spacial score (nSPS) is 10.9. The fourth-order valence-electron chi connectivity index (χ4n) is 1.91. The summed E-state index contributed by atoms with van der Waals surface area (Å²) in [5, 5.41) is 0. The highest BCUT2D eigenvalue weighted by atomic mass is 19.1. The van der Waals surface area contributed by atoms with Gasteiger partial charge in [0.05, 0.1) is 13.7 Å². The number of hydrogen-bond donors (Lipinski definition) is 0. The topological polar surface area (TPSA) is 55.8 Å². The molecule has 1 aromatic carbocycles. The zero-order chi connectivity index (χ0) is 17.4. The Labute approximate surface area is 135 Å². The molecule has 0 heterocycles. The monoisotopic (exact) mass is 323 g/mol. The van der Waals surface area contributed by atoms with Gasteiger partial charge in [-0.25, -0.2) is 4.39 Å². The van der Waals surface area contributed by atoms with Gasteiger partial charge in [0.2, 0.25) is 5.91 Å². The van der Waals surface area contributed by atoms with Gasteiger partial charge in [-0.2, -0.15) is 0 Å². The molecule has 126 valence electrons. The standard InChI is InChI=1S/C17H22FNO4/c1-5-23-17(21)11-19(12(2)3)16(20)9-7-13-6-8-15(22-4)14(18)10-13/h6-10,12H,5,11H2,1-4H3/b9-7+. The summed E-state index contributed by atoms with van der Waals surface area (Å²) in [5.74, 6) is -1.17. The summed E-state index contributed by atoms with van der Waals surface area (Å²) in [7, 11) is 1.38. The number of esters is 1. The molecule has 0 spiro atoms. The van der Waals surface area contributed by atoms with Gasteiger partial charge in [0.25, 0.3) is 0 Å². The lowest BCUT2D eigenvalue weighted by Crippen LogP contribution is -2.40. The van der Waals surface area contributed by atoms with Gasteiger partial charge in [-0.3, -0.25) is 9.59 Å². The van der Waals surface area contributed by atoms with E-state index in [0.717, 1.165) is 0 Å². The Morgan fingerprint density at radius 3 is 2.57 bits per heavy atom. The van der Waals surface area contributed by atoms with Crippen molar-refractivity contribution in [1.29, 1.82) is 0 Å². The van der Waals surface area contributed by atoms with Gasteiger partial charge in [0.1, 0.15) is 6.54 Å². The molecular formula is C17H22FNO4. The molecule has 23 heavy (non-hydrogen) atoms. The third kappa shape index (κ3) is 5.73. The fraction of sp³-hybridized carbons (Fsp3) is 0.412. The molecule has 0 atom stereocenters. The number of halogens is 1. The van der Waals surface area contributed by atoms with E-state index < -0.39 is 11.8 Å². The van der Waals surface area contributed by atoms with Crippen LogP contribution in [0.15, 0.2) is 24.3 Å². The molecule has 1 aromatic rings. The van der Waals surface area contributed by atoms with Gasteiger partial charge in [-0.1, -0.05) is 6.07 Å². The third-order valence-corrected chi connectivity index (χ3v) is 3.11. The number of hydrogen-bond acceptors (Lipinski definition) is 4. The molecule has 0 aromatic heterocycles. The maximum atomic E-state index is 13.6. The molecule has 0 unspecified atom stereocenters. The summed E-state index contributed by atoms with van der Waals surface area (Å²) >= 11 is 0. The fourth-order valence-corrected chi connectivity index (χ4v) is 1.91. The van der Waals surface area contributed by atoms with Crippen LogP contribution in [-0.2, 0) is 14.3 Å². The van der Waals surface area contributed by atoms with Crippen molar-refractivity contribution in [3.05, 3.63) is 35.7 Å². The summed E-state index contributed by atoms with van der Waals surface area (Å²) in [6.07, 6.45) is 2.80. The third-order valence-electron chi connectivity index (χ3n) is 3.11. The number of carbonyl (C=O) groups is 2. The van der Waals surface area contributed by atoms with Crippen molar-refractivity contribution < 1.29 is 23.5 Å². The number of ether oxygens (including phenoxy) is 2. The van der Waals surface area contributed by atoms with E-state index in [1.165, 1.54) is 36.3 Å². The summed E-state index contributed by atoms with van der Waals surface area (Å²) in [6.45, 7) is 5.46. The van der Waals surface area contributed by atoms with Crippen LogP contribution in [0.2, 0.25) is 0 Å². The first-order chi connectivity index (χ1) is 10.9. The summed E-state index contributed by atoms with van der Waals surface area (Å²) < 4.78 is 23.3. The van der Waals surface area contributed by atoms with Crippen LogP contribution in [0.4, 0.5) is 4.39 Å². The highest BCUT2D eigenvalue weighted by Crippen LogP contribution is 2.18. The van der Waals surface area contributed by atoms with E-state index in [-0.39, 0.29) is 30.9 Å². The Bertz CT molecular complexity index is 584. The van der Waals surface area contributed by atoms with E-state index in [4.69, 9.17) is 9.47 Å². The Balaban J connectivity index is 2.81. The van der Waals surface area contributed by atoms with Crippen molar-refractivity contribution in [2.75, 3.05) is 20.3 Å². The smallest absolute Gasteiger partial charge is 0.325 e. The largest absolute Gasteiger partial charge is 0.494 e. The number of benzene rings is 1. The maximum absolute atomic E-state index is 13.6. The first kappa shape index (κ1) is 18.7. The van der Waals surface area contributed by atoms with E-state index in [9.17, 15) is 14.0 Å². The predicted octanol–water partition coefficient (Wildman–Crippen LogP) is 2.65. The summed E-state index contributed by atoms with van der Waals surface area (Å²) in [5.41, 5.74) is 0.525. The summed E-state index contributed by atoms with van der Waals surface area (Å²) in [6, 6.07) is 4.23. The number of amides is 1. The molecule has 6 heteroatoms. The lowest BCUT2D eigenvalue weighted by molar-refractivity contribution is -0.148. The molecule has 1 amide bonds. The average Bonchev–Trinajstić information content (AvgIpc) is 2.50. The van der Waals surface area contributed by atoms with Gasteiger partial charge in [0.15, 0.2) is 11.6 Å². The second-order valence-electron chi connectivity index (χ2n) is 5.09. The van der Waals surface area contributed by atoms with Crippen LogP contribution in [0.25, 0.3) is 6.08 Å². The van der Waals surface area contributed by atoms with Crippen LogP contribution in [0, 0.1) is 5.82 Å². The SMILES string of the molecule is CCOC(=O)CN(C(=O)/C=C/c1ccc(OC)c(F)c1)C(C)C. The van der Waals surface area contributed by atoms with Crippen LogP contribution >= 0.6 is 0 Å². The first-order valence-electron chi connectivity index (χ1n) is 7.36. The van der Waals surface area contributed by atoms with Crippen LogP contribution in [-0.4, -0.2) is 43.1 Å². The Morgan fingerprint density at radius 1 is 1.35 bits per heavy atom. The molecule has 0 saturated carbocycles. The van der Waals surface area contributed by atoms with E-state index in [1.54, 1.807) is 26.8 Å². The molecule has 0 N–H and O–H groups in total. The molecule has 1 rings (SSSR count). The van der Waals surface area contributed by atoms with E-state index >= 15 is 0 Å². The van der Waals surface area contributed by atoms with Crippen LogP contribution in [0.3, 0.4) is 0 Å². The van der Waals surface area contributed by atoms with Crippen molar-refractivity contribution in [2.45, 2.75) is 26.8 Å². The molecule has 5 nitrogen and oxygen atoms in total. The van der Waals surface area contributed by atoms with Crippen LogP contribution in [0.5, 0.6) is 5.75 Å². The van der Waals surface area contributed by atoms with Crippen molar-refractivity contribution in [2.24, 2.45) is 0 Å². The lowest BCUT2D eigenvalue weighted by atomic mass is 10.2. The molecular weight excluding hydrogens is 301 g/mol. The minimum atomic E-state index is -0.505. The lowest BCUT2D eigenvalue weighted by Gasteiger charge is -2.24. The maximum Gasteiger partial charge on any atom is 0.325 e. The van der Waals surface area contributed by atoms with Gasteiger partial charge in [-0.05, 0) is 44.5 Å². The Kier molecular flexibility index (Phi) is 7.25.